The second kappa shape index (κ2) is 7.66. The SMILES string of the molecule is N#Cc1ccc(NC(=O)c2cccc(S(=O)(=O)N3CCOCC3)c2)cc1. The van der Waals surface area contributed by atoms with Crippen molar-refractivity contribution in [2.75, 3.05) is 31.6 Å². The van der Waals surface area contributed by atoms with Crippen LogP contribution in [0.5, 0.6) is 0 Å². The van der Waals surface area contributed by atoms with Gasteiger partial charge in [0, 0.05) is 24.3 Å². The summed E-state index contributed by atoms with van der Waals surface area (Å²) in [7, 11) is -3.66. The Kier molecular flexibility index (Phi) is 5.32. The molecular formula is C18H17N3O4S. The van der Waals surface area contributed by atoms with Crippen molar-refractivity contribution < 1.29 is 17.9 Å². The van der Waals surface area contributed by atoms with Crippen LogP contribution in [0.4, 0.5) is 5.69 Å². The summed E-state index contributed by atoms with van der Waals surface area (Å²) in [5, 5.41) is 11.5. The van der Waals surface area contributed by atoms with Crippen molar-refractivity contribution in [1.29, 1.82) is 5.26 Å². The first-order chi connectivity index (χ1) is 12.5. The van der Waals surface area contributed by atoms with Crippen LogP contribution in [-0.2, 0) is 14.8 Å². The molecule has 1 heterocycles. The highest BCUT2D eigenvalue weighted by atomic mass is 32.2. The number of nitriles is 1. The first kappa shape index (κ1) is 18.1. The lowest BCUT2D eigenvalue weighted by Crippen LogP contribution is -2.40. The Balaban J connectivity index is 1.79. The Labute approximate surface area is 151 Å². The van der Waals surface area contributed by atoms with Crippen LogP contribution in [-0.4, -0.2) is 44.9 Å². The first-order valence-electron chi connectivity index (χ1n) is 8.00. The van der Waals surface area contributed by atoms with Gasteiger partial charge in [0.05, 0.1) is 29.7 Å². The molecule has 0 unspecified atom stereocenters. The normalized spacial score (nSPS) is 15.2. The molecule has 1 amide bonds. The van der Waals surface area contributed by atoms with Gasteiger partial charge < -0.3 is 10.1 Å². The molecule has 1 aliphatic rings. The zero-order valence-corrected chi connectivity index (χ0v) is 14.7. The zero-order chi connectivity index (χ0) is 18.6. The highest BCUT2D eigenvalue weighted by molar-refractivity contribution is 7.89. The molecule has 0 bridgehead atoms. The summed E-state index contributed by atoms with van der Waals surface area (Å²) in [5.41, 5.74) is 1.25. The molecule has 2 aromatic rings. The number of amides is 1. The van der Waals surface area contributed by atoms with E-state index in [9.17, 15) is 13.2 Å². The highest BCUT2D eigenvalue weighted by Crippen LogP contribution is 2.19. The summed E-state index contributed by atoms with van der Waals surface area (Å²) in [4.78, 5) is 12.5. The van der Waals surface area contributed by atoms with E-state index < -0.39 is 15.9 Å². The maximum atomic E-state index is 12.7. The van der Waals surface area contributed by atoms with E-state index in [-0.39, 0.29) is 10.5 Å². The molecular weight excluding hydrogens is 354 g/mol. The predicted octanol–water partition coefficient (Wildman–Crippen LogP) is 1.83. The van der Waals surface area contributed by atoms with Crippen molar-refractivity contribution in [2.24, 2.45) is 0 Å². The van der Waals surface area contributed by atoms with Crippen molar-refractivity contribution in [2.45, 2.75) is 4.90 Å². The lowest BCUT2D eigenvalue weighted by molar-refractivity contribution is 0.0730. The Bertz CT molecular complexity index is 943. The molecule has 134 valence electrons. The van der Waals surface area contributed by atoms with Gasteiger partial charge in [0.2, 0.25) is 10.0 Å². The number of anilines is 1. The second-order valence-electron chi connectivity index (χ2n) is 5.69. The number of nitrogens with zero attached hydrogens (tertiary/aromatic N) is 2. The maximum absolute atomic E-state index is 12.7. The maximum Gasteiger partial charge on any atom is 0.255 e. The molecule has 1 aliphatic heterocycles. The summed E-state index contributed by atoms with van der Waals surface area (Å²) >= 11 is 0. The third-order valence-electron chi connectivity index (χ3n) is 3.98. The number of benzene rings is 2. The minimum absolute atomic E-state index is 0.0758. The van der Waals surface area contributed by atoms with Gasteiger partial charge in [0.25, 0.3) is 5.91 Å². The van der Waals surface area contributed by atoms with Gasteiger partial charge in [-0.3, -0.25) is 4.79 Å². The molecule has 0 aliphatic carbocycles. The fourth-order valence-corrected chi connectivity index (χ4v) is 4.02. The number of morpholine rings is 1. The molecule has 2 aromatic carbocycles. The Hall–Kier alpha value is -2.73. The summed E-state index contributed by atoms with van der Waals surface area (Å²) < 4.78 is 31.9. The van der Waals surface area contributed by atoms with E-state index in [1.54, 1.807) is 36.4 Å². The fourth-order valence-electron chi connectivity index (χ4n) is 2.57. The van der Waals surface area contributed by atoms with Crippen molar-refractivity contribution in [3.05, 3.63) is 59.7 Å². The van der Waals surface area contributed by atoms with E-state index in [0.29, 0.717) is 37.6 Å². The van der Waals surface area contributed by atoms with E-state index in [4.69, 9.17) is 10.00 Å². The van der Waals surface area contributed by atoms with Crippen LogP contribution in [0, 0.1) is 11.3 Å². The highest BCUT2D eigenvalue weighted by Gasteiger charge is 2.26. The van der Waals surface area contributed by atoms with Crippen molar-refractivity contribution in [3.63, 3.8) is 0 Å². The van der Waals surface area contributed by atoms with Crippen molar-refractivity contribution >= 4 is 21.6 Å². The first-order valence-corrected chi connectivity index (χ1v) is 9.44. The van der Waals surface area contributed by atoms with Crippen molar-refractivity contribution in [3.8, 4) is 6.07 Å². The Morgan fingerprint density at radius 1 is 1.12 bits per heavy atom. The number of nitrogens with one attached hydrogen (secondary N) is 1. The number of rotatable bonds is 4. The molecule has 0 aromatic heterocycles. The fraction of sp³-hybridized carbons (Fsp3) is 0.222. The summed E-state index contributed by atoms with van der Waals surface area (Å²) in [6.07, 6.45) is 0. The summed E-state index contributed by atoms with van der Waals surface area (Å²) in [6.45, 7) is 1.31. The quantitative estimate of drug-likeness (QED) is 0.884. The van der Waals surface area contributed by atoms with Gasteiger partial charge >= 0.3 is 0 Å². The zero-order valence-electron chi connectivity index (χ0n) is 13.9. The minimum atomic E-state index is -3.66. The number of hydrogen-bond donors (Lipinski definition) is 1. The number of sulfonamides is 1. The van der Waals surface area contributed by atoms with Crippen LogP contribution in [0.15, 0.2) is 53.4 Å². The predicted molar refractivity (Wildman–Crippen MR) is 95.1 cm³/mol. The summed E-state index contributed by atoms with van der Waals surface area (Å²) in [5.74, 6) is -0.422. The number of hydrogen-bond acceptors (Lipinski definition) is 5. The number of ether oxygens (including phenoxy) is 1. The molecule has 3 rings (SSSR count). The van der Waals surface area contributed by atoms with E-state index >= 15 is 0 Å². The molecule has 0 spiro atoms. The van der Waals surface area contributed by atoms with E-state index in [1.165, 1.54) is 16.4 Å². The molecule has 1 saturated heterocycles. The van der Waals surface area contributed by atoms with Gasteiger partial charge in [-0.1, -0.05) is 6.07 Å². The van der Waals surface area contributed by atoms with Gasteiger partial charge in [-0.2, -0.15) is 9.57 Å². The van der Waals surface area contributed by atoms with Gasteiger partial charge in [0.1, 0.15) is 0 Å². The van der Waals surface area contributed by atoms with E-state index in [2.05, 4.69) is 5.32 Å². The van der Waals surface area contributed by atoms with Crippen LogP contribution in [0.2, 0.25) is 0 Å². The molecule has 1 fully saturated rings. The largest absolute Gasteiger partial charge is 0.379 e. The van der Waals surface area contributed by atoms with Gasteiger partial charge in [-0.15, -0.1) is 0 Å². The lowest BCUT2D eigenvalue weighted by atomic mass is 10.2. The number of carbonyl (C=O) groups excluding carboxylic acids is 1. The molecule has 26 heavy (non-hydrogen) atoms. The number of carbonyl (C=O) groups is 1. The Morgan fingerprint density at radius 3 is 2.46 bits per heavy atom. The average molecular weight is 371 g/mol. The smallest absolute Gasteiger partial charge is 0.255 e. The minimum Gasteiger partial charge on any atom is -0.379 e. The Morgan fingerprint density at radius 2 is 1.81 bits per heavy atom. The topological polar surface area (TPSA) is 99.5 Å². The summed E-state index contributed by atoms with van der Waals surface area (Å²) in [6, 6.07) is 14.4. The average Bonchev–Trinajstić information content (AvgIpc) is 2.69. The van der Waals surface area contributed by atoms with Crippen LogP contribution in [0.3, 0.4) is 0 Å². The molecule has 0 radical (unpaired) electrons. The lowest BCUT2D eigenvalue weighted by Gasteiger charge is -2.26. The third kappa shape index (κ3) is 3.91. The molecule has 0 atom stereocenters. The van der Waals surface area contributed by atoms with Crippen LogP contribution in [0.25, 0.3) is 0 Å². The van der Waals surface area contributed by atoms with Crippen LogP contribution < -0.4 is 5.32 Å². The van der Waals surface area contributed by atoms with Crippen LogP contribution in [0.1, 0.15) is 15.9 Å². The van der Waals surface area contributed by atoms with Gasteiger partial charge in [-0.25, -0.2) is 8.42 Å². The molecule has 1 N–H and O–H groups in total. The third-order valence-corrected chi connectivity index (χ3v) is 5.87. The van der Waals surface area contributed by atoms with Crippen LogP contribution >= 0.6 is 0 Å². The molecule has 0 saturated carbocycles. The molecule has 7 nitrogen and oxygen atoms in total. The molecule has 8 heteroatoms. The standard InChI is InChI=1S/C18H17N3O4S/c19-13-14-4-6-16(7-5-14)20-18(22)15-2-1-3-17(12-15)26(23,24)21-8-10-25-11-9-21/h1-7,12H,8-11H2,(H,20,22). The van der Waals surface area contributed by atoms with Crippen molar-refractivity contribution in [1.82, 2.24) is 4.31 Å². The van der Waals surface area contributed by atoms with E-state index in [1.807, 2.05) is 6.07 Å². The van der Waals surface area contributed by atoms with Gasteiger partial charge in [0.15, 0.2) is 0 Å². The monoisotopic (exact) mass is 371 g/mol. The second-order valence-corrected chi connectivity index (χ2v) is 7.63. The van der Waals surface area contributed by atoms with E-state index in [0.717, 1.165) is 0 Å². The van der Waals surface area contributed by atoms with Gasteiger partial charge in [-0.05, 0) is 42.5 Å².